The van der Waals surface area contributed by atoms with E-state index < -0.39 is 0 Å². The van der Waals surface area contributed by atoms with E-state index in [0.29, 0.717) is 30.0 Å². The van der Waals surface area contributed by atoms with Crippen molar-refractivity contribution in [3.63, 3.8) is 0 Å². The molecule has 3 heterocycles. The summed E-state index contributed by atoms with van der Waals surface area (Å²) in [5, 5.41) is 7.54. The lowest BCUT2D eigenvalue weighted by atomic mass is 10.1. The number of aromatic nitrogens is 3. The third kappa shape index (κ3) is 2.43. The fourth-order valence-electron chi connectivity index (χ4n) is 2.88. The normalized spacial score (nSPS) is 14.1. The Hall–Kier alpha value is -2.48. The first-order valence-electron chi connectivity index (χ1n) is 7.38. The molecule has 1 aromatic carbocycles. The second-order valence-corrected chi connectivity index (χ2v) is 6.50. The molecule has 8 heteroatoms. The van der Waals surface area contributed by atoms with Gasteiger partial charge in [0.1, 0.15) is 5.82 Å². The van der Waals surface area contributed by atoms with Crippen molar-refractivity contribution in [2.45, 2.75) is 6.42 Å². The SMILES string of the molecule is CN1c2cc(F)ccc2CCN1C(=O)c1cc2ncc(Br)cn2n1. The molecule has 0 saturated carbocycles. The molecular formula is C16H13BrFN5O. The van der Waals surface area contributed by atoms with Gasteiger partial charge in [0.05, 0.1) is 10.2 Å². The largest absolute Gasteiger partial charge is 0.292 e. The van der Waals surface area contributed by atoms with Gasteiger partial charge in [-0.05, 0) is 40.0 Å². The number of carbonyl (C=O) groups excluding carboxylic acids is 1. The highest BCUT2D eigenvalue weighted by molar-refractivity contribution is 9.10. The van der Waals surface area contributed by atoms with Crippen molar-refractivity contribution in [2.75, 3.05) is 18.6 Å². The number of fused-ring (bicyclic) bond motifs is 2. The summed E-state index contributed by atoms with van der Waals surface area (Å²) in [5.41, 5.74) is 2.60. The average molecular weight is 390 g/mol. The van der Waals surface area contributed by atoms with Crippen molar-refractivity contribution >= 4 is 33.2 Å². The van der Waals surface area contributed by atoms with Gasteiger partial charge in [0.2, 0.25) is 0 Å². The first-order valence-corrected chi connectivity index (χ1v) is 8.17. The van der Waals surface area contributed by atoms with Crippen LogP contribution in [0.3, 0.4) is 0 Å². The van der Waals surface area contributed by atoms with E-state index >= 15 is 0 Å². The van der Waals surface area contributed by atoms with Gasteiger partial charge in [-0.2, -0.15) is 5.10 Å². The highest BCUT2D eigenvalue weighted by Gasteiger charge is 2.28. The highest BCUT2D eigenvalue weighted by Crippen LogP contribution is 2.28. The molecule has 122 valence electrons. The van der Waals surface area contributed by atoms with Crippen LogP contribution in [0.25, 0.3) is 5.65 Å². The summed E-state index contributed by atoms with van der Waals surface area (Å²) < 4.78 is 15.9. The van der Waals surface area contributed by atoms with Crippen LogP contribution in [-0.4, -0.2) is 39.1 Å². The van der Waals surface area contributed by atoms with E-state index in [0.717, 1.165) is 10.0 Å². The standard InChI is InChI=1S/C16H13BrFN5O/c1-21-14-6-12(18)3-2-10(14)4-5-23(21)16(24)13-7-15-19-8-11(17)9-22(15)20-13/h2-3,6-9H,4-5H2,1H3. The zero-order valence-corrected chi connectivity index (χ0v) is 14.4. The Morgan fingerprint density at radius 3 is 3.00 bits per heavy atom. The van der Waals surface area contributed by atoms with Crippen molar-refractivity contribution in [2.24, 2.45) is 0 Å². The molecule has 2 aromatic heterocycles. The van der Waals surface area contributed by atoms with Crippen LogP contribution in [0.1, 0.15) is 16.1 Å². The van der Waals surface area contributed by atoms with Crippen LogP contribution in [0.5, 0.6) is 0 Å². The quantitative estimate of drug-likeness (QED) is 0.641. The van der Waals surface area contributed by atoms with E-state index in [9.17, 15) is 9.18 Å². The minimum atomic E-state index is -0.323. The zero-order valence-electron chi connectivity index (χ0n) is 12.8. The van der Waals surface area contributed by atoms with Crippen LogP contribution in [0.2, 0.25) is 0 Å². The molecule has 0 bridgehead atoms. The molecule has 1 aliphatic heterocycles. The summed E-state index contributed by atoms with van der Waals surface area (Å²) in [5.74, 6) is -0.564. The maximum absolute atomic E-state index is 13.5. The van der Waals surface area contributed by atoms with Gasteiger partial charge in [0.25, 0.3) is 5.91 Å². The van der Waals surface area contributed by atoms with Crippen molar-refractivity contribution in [1.82, 2.24) is 19.6 Å². The minimum absolute atomic E-state index is 0.242. The Labute approximate surface area is 145 Å². The lowest BCUT2D eigenvalue weighted by Gasteiger charge is -2.38. The molecule has 0 N–H and O–H groups in total. The Balaban J connectivity index is 1.68. The van der Waals surface area contributed by atoms with Gasteiger partial charge in [-0.25, -0.2) is 18.9 Å². The Morgan fingerprint density at radius 2 is 2.17 bits per heavy atom. The number of amides is 1. The second kappa shape index (κ2) is 5.55. The molecule has 0 spiro atoms. The lowest BCUT2D eigenvalue weighted by Crippen LogP contribution is -2.48. The van der Waals surface area contributed by atoms with Gasteiger partial charge in [-0.15, -0.1) is 0 Å². The number of halogens is 2. The molecule has 3 aromatic rings. The number of benzene rings is 1. The van der Waals surface area contributed by atoms with Gasteiger partial charge in [-0.1, -0.05) is 6.07 Å². The molecule has 0 radical (unpaired) electrons. The highest BCUT2D eigenvalue weighted by atomic mass is 79.9. The van der Waals surface area contributed by atoms with E-state index in [1.54, 1.807) is 46.1 Å². The maximum Gasteiger partial charge on any atom is 0.292 e. The number of hydrazine groups is 1. The van der Waals surface area contributed by atoms with Crippen LogP contribution < -0.4 is 5.01 Å². The first-order chi connectivity index (χ1) is 11.5. The third-order valence-corrected chi connectivity index (χ3v) is 4.50. The van der Waals surface area contributed by atoms with Gasteiger partial charge < -0.3 is 0 Å². The van der Waals surface area contributed by atoms with Crippen molar-refractivity contribution in [3.05, 3.63) is 58.2 Å². The van der Waals surface area contributed by atoms with E-state index in [1.807, 2.05) is 0 Å². The number of hydrogen-bond acceptors (Lipinski definition) is 4. The summed E-state index contributed by atoms with van der Waals surface area (Å²) in [6.45, 7) is 0.513. The smallest absolute Gasteiger partial charge is 0.285 e. The van der Waals surface area contributed by atoms with E-state index in [2.05, 4.69) is 26.0 Å². The van der Waals surface area contributed by atoms with Crippen LogP contribution in [-0.2, 0) is 6.42 Å². The van der Waals surface area contributed by atoms with Crippen LogP contribution in [0.15, 0.2) is 41.1 Å². The number of anilines is 1. The molecule has 0 fully saturated rings. The lowest BCUT2D eigenvalue weighted by molar-refractivity contribution is 0.0732. The predicted molar refractivity (Wildman–Crippen MR) is 90.2 cm³/mol. The molecule has 1 aliphatic rings. The average Bonchev–Trinajstić information content (AvgIpc) is 2.98. The Bertz CT molecular complexity index is 957. The molecule has 1 amide bonds. The summed E-state index contributed by atoms with van der Waals surface area (Å²) >= 11 is 3.33. The zero-order chi connectivity index (χ0) is 16.8. The van der Waals surface area contributed by atoms with Gasteiger partial charge in [0.15, 0.2) is 11.3 Å². The third-order valence-electron chi connectivity index (χ3n) is 4.09. The summed E-state index contributed by atoms with van der Waals surface area (Å²) in [6, 6.07) is 6.28. The molecule has 0 saturated heterocycles. The van der Waals surface area contributed by atoms with Crippen LogP contribution in [0.4, 0.5) is 10.1 Å². The van der Waals surface area contributed by atoms with Crippen molar-refractivity contribution < 1.29 is 9.18 Å². The molecule has 0 atom stereocenters. The molecule has 6 nitrogen and oxygen atoms in total. The predicted octanol–water partition coefficient (Wildman–Crippen LogP) is 2.68. The topological polar surface area (TPSA) is 53.7 Å². The summed E-state index contributed by atoms with van der Waals surface area (Å²) in [7, 11) is 1.75. The Morgan fingerprint density at radius 1 is 1.33 bits per heavy atom. The molecule has 24 heavy (non-hydrogen) atoms. The van der Waals surface area contributed by atoms with E-state index in [1.165, 1.54) is 12.1 Å². The molecular weight excluding hydrogens is 377 g/mol. The maximum atomic E-state index is 13.5. The summed E-state index contributed by atoms with van der Waals surface area (Å²) in [6.07, 6.45) is 4.06. The van der Waals surface area contributed by atoms with E-state index in [4.69, 9.17) is 0 Å². The van der Waals surface area contributed by atoms with Gasteiger partial charge in [0, 0.05) is 32.1 Å². The van der Waals surface area contributed by atoms with Crippen molar-refractivity contribution in [1.29, 1.82) is 0 Å². The monoisotopic (exact) mass is 389 g/mol. The Kier molecular flexibility index (Phi) is 3.49. The van der Waals surface area contributed by atoms with Crippen LogP contribution >= 0.6 is 15.9 Å². The van der Waals surface area contributed by atoms with E-state index in [-0.39, 0.29) is 11.7 Å². The van der Waals surface area contributed by atoms with Crippen molar-refractivity contribution in [3.8, 4) is 0 Å². The number of nitrogens with zero attached hydrogens (tertiary/aromatic N) is 5. The molecule has 0 unspecified atom stereocenters. The summed E-state index contributed by atoms with van der Waals surface area (Å²) in [4.78, 5) is 17.0. The number of carbonyl (C=O) groups is 1. The van der Waals surface area contributed by atoms with Gasteiger partial charge >= 0.3 is 0 Å². The first kappa shape index (κ1) is 15.1. The number of hydrogen-bond donors (Lipinski definition) is 0. The minimum Gasteiger partial charge on any atom is -0.285 e. The molecule has 4 rings (SSSR count). The number of rotatable bonds is 1. The fraction of sp³-hybridized carbons (Fsp3) is 0.188. The van der Waals surface area contributed by atoms with Gasteiger partial charge in [-0.3, -0.25) is 9.80 Å². The fourth-order valence-corrected chi connectivity index (χ4v) is 3.18. The van der Waals surface area contributed by atoms with Crippen LogP contribution in [0, 0.1) is 5.82 Å². The second-order valence-electron chi connectivity index (χ2n) is 5.58. The molecule has 0 aliphatic carbocycles.